The number of ether oxygens (including phenoxy) is 1. The number of hydrogen-bond donors (Lipinski definition) is 1. The predicted octanol–water partition coefficient (Wildman–Crippen LogP) is 7.34. The quantitative estimate of drug-likeness (QED) is 0.138. The Morgan fingerprint density at radius 1 is 0.974 bits per heavy atom. The topological polar surface area (TPSA) is 46.5 Å². The molecular formula is C32H46F2O3Si2. The maximum atomic E-state index is 14.4. The number of hydrogen-bond acceptors (Lipinski definition) is 3. The van der Waals surface area contributed by atoms with Gasteiger partial charge < -0.3 is 9.53 Å². The van der Waals surface area contributed by atoms with Gasteiger partial charge in [0, 0.05) is 20.9 Å². The second kappa shape index (κ2) is 14.3. The Bertz CT molecular complexity index is 1040. The summed E-state index contributed by atoms with van der Waals surface area (Å²) in [5, 5.41) is 1.52. The normalized spacial score (nSPS) is 14.2. The van der Waals surface area contributed by atoms with Crippen molar-refractivity contribution in [2.45, 2.75) is 83.1 Å². The van der Waals surface area contributed by atoms with Crippen molar-refractivity contribution in [3.8, 4) is 0 Å². The molecule has 0 fully saturated rings. The summed E-state index contributed by atoms with van der Waals surface area (Å²) in [4.78, 5) is 24.0. The van der Waals surface area contributed by atoms with Gasteiger partial charge in [0.25, 0.3) is 14.2 Å². The summed E-state index contributed by atoms with van der Waals surface area (Å²) in [6.45, 7) is 13.2. The summed E-state index contributed by atoms with van der Waals surface area (Å²) in [6, 6.07) is 20.9. The zero-order valence-electron chi connectivity index (χ0n) is 24.4. The first-order chi connectivity index (χ1) is 18.2. The number of carbonyl (C=O) groups excluding carboxylic acids is 1. The Kier molecular flexibility index (Phi) is 12.1. The zero-order chi connectivity index (χ0) is 29.2. The molecule has 0 spiro atoms. The van der Waals surface area contributed by atoms with Crippen molar-refractivity contribution in [1.29, 1.82) is 0 Å². The highest BCUT2D eigenvalue weighted by Crippen LogP contribution is 2.43. The molecule has 2 aromatic carbocycles. The Morgan fingerprint density at radius 2 is 1.51 bits per heavy atom. The van der Waals surface area contributed by atoms with Gasteiger partial charge in [0.15, 0.2) is 0 Å². The summed E-state index contributed by atoms with van der Waals surface area (Å²) in [5.74, 6) is -3.29. The van der Waals surface area contributed by atoms with Crippen LogP contribution >= 0.6 is 0 Å². The van der Waals surface area contributed by atoms with E-state index in [1.165, 1.54) is 6.08 Å². The smallest absolute Gasteiger partial charge is 0.305 e. The van der Waals surface area contributed by atoms with E-state index in [4.69, 9.17) is 4.74 Å². The fourth-order valence-electron chi connectivity index (χ4n) is 5.31. The number of benzene rings is 2. The largest absolute Gasteiger partial charge is 0.466 e. The highest BCUT2D eigenvalue weighted by molar-refractivity contribution is 6.98. The minimum Gasteiger partial charge on any atom is -0.466 e. The molecular weight excluding hydrogens is 527 g/mol. The molecule has 1 atom stereocenters. The van der Waals surface area contributed by atoms with Crippen molar-refractivity contribution in [1.82, 2.24) is 0 Å². The third kappa shape index (κ3) is 10.3. The van der Waals surface area contributed by atoms with Crippen molar-refractivity contribution in [2.24, 2.45) is 5.92 Å². The third-order valence-corrected chi connectivity index (χ3v) is 13.3. The van der Waals surface area contributed by atoms with Crippen LogP contribution in [-0.2, 0) is 9.53 Å². The highest BCUT2D eigenvalue weighted by atomic mass is 28.4. The van der Waals surface area contributed by atoms with Crippen LogP contribution in [0.25, 0.3) is 0 Å². The number of allylic oxidation sites excluding steroid dienone is 4. The Balaban J connectivity index is 2.26. The molecule has 0 aliphatic rings. The average molecular weight is 573 g/mol. The minimum atomic E-state index is -3.17. The SMILES string of the molecule is CCOC(=O)CCCC(F)(F)/C=C/C=C/[C@H](CC(C)(C)[Si](O)(c1ccccc1)c1ccccc1)C[Si](C)(C)C. The van der Waals surface area contributed by atoms with Gasteiger partial charge in [0.2, 0.25) is 0 Å². The molecule has 0 saturated heterocycles. The van der Waals surface area contributed by atoms with Crippen molar-refractivity contribution in [2.75, 3.05) is 6.61 Å². The summed E-state index contributed by atoms with van der Waals surface area (Å²) >= 11 is 0. The fraction of sp³-hybridized carbons (Fsp3) is 0.469. The molecule has 0 amide bonds. The van der Waals surface area contributed by atoms with E-state index >= 15 is 0 Å². The molecule has 7 heteroatoms. The van der Waals surface area contributed by atoms with Gasteiger partial charge in [-0.2, -0.15) is 0 Å². The van der Waals surface area contributed by atoms with E-state index in [1.807, 2.05) is 66.7 Å². The van der Waals surface area contributed by atoms with Crippen LogP contribution < -0.4 is 10.4 Å². The molecule has 1 N–H and O–H groups in total. The van der Waals surface area contributed by atoms with E-state index in [0.717, 1.165) is 28.9 Å². The van der Waals surface area contributed by atoms with E-state index < -0.39 is 39.7 Å². The van der Waals surface area contributed by atoms with Crippen LogP contribution in [0.4, 0.5) is 8.78 Å². The molecule has 0 saturated carbocycles. The number of halogens is 2. The molecule has 0 aliphatic heterocycles. The van der Waals surface area contributed by atoms with Crippen LogP contribution in [0.15, 0.2) is 85.0 Å². The molecule has 0 bridgehead atoms. The lowest BCUT2D eigenvalue weighted by molar-refractivity contribution is -0.143. The second-order valence-electron chi connectivity index (χ2n) is 12.2. The second-order valence-corrected chi connectivity index (χ2v) is 21.7. The first-order valence-corrected chi connectivity index (χ1v) is 19.6. The lowest BCUT2D eigenvalue weighted by atomic mass is 9.97. The van der Waals surface area contributed by atoms with Crippen LogP contribution in [0, 0.1) is 5.92 Å². The van der Waals surface area contributed by atoms with Gasteiger partial charge in [-0.05, 0) is 47.2 Å². The first kappa shape index (κ1) is 32.9. The molecule has 0 heterocycles. The van der Waals surface area contributed by atoms with E-state index in [0.29, 0.717) is 0 Å². The van der Waals surface area contributed by atoms with Gasteiger partial charge in [0.1, 0.15) is 0 Å². The van der Waals surface area contributed by atoms with Crippen LogP contribution in [0.5, 0.6) is 0 Å². The average Bonchev–Trinajstić information content (AvgIpc) is 2.86. The highest BCUT2D eigenvalue weighted by Gasteiger charge is 2.50. The van der Waals surface area contributed by atoms with Crippen molar-refractivity contribution < 1.29 is 23.1 Å². The van der Waals surface area contributed by atoms with Crippen LogP contribution in [0.1, 0.15) is 46.5 Å². The van der Waals surface area contributed by atoms with Crippen LogP contribution in [-0.4, -0.2) is 39.7 Å². The molecule has 2 aromatic rings. The van der Waals surface area contributed by atoms with Crippen LogP contribution in [0.3, 0.4) is 0 Å². The number of esters is 1. The fourth-order valence-corrected chi connectivity index (χ4v) is 11.0. The molecule has 0 unspecified atom stereocenters. The minimum absolute atomic E-state index is 0.00387. The first-order valence-electron chi connectivity index (χ1n) is 13.9. The molecule has 0 aromatic heterocycles. The lowest BCUT2D eigenvalue weighted by Crippen LogP contribution is -2.65. The van der Waals surface area contributed by atoms with Crippen molar-refractivity contribution in [3.63, 3.8) is 0 Å². The molecule has 2 rings (SSSR count). The Hall–Kier alpha value is -2.36. The van der Waals surface area contributed by atoms with Crippen LogP contribution in [0.2, 0.25) is 30.7 Å². The zero-order valence-corrected chi connectivity index (χ0v) is 26.4. The standard InChI is InChI=1S/C32H46F2O3Si2/c1-7-37-30(35)22-16-24-32(33,34)23-15-14-17-27(26-38(4,5)6)25-31(2,3)39(36,28-18-10-8-11-19-28)29-20-12-9-13-21-29/h8-15,17-21,23,27,36H,7,16,22,24-26H2,1-6H3/b17-14+,23-15+/t27-/m1/s1. The Morgan fingerprint density at radius 3 is 2.00 bits per heavy atom. The van der Waals surface area contributed by atoms with Gasteiger partial charge in [-0.15, -0.1) is 0 Å². The monoisotopic (exact) mass is 572 g/mol. The van der Waals surface area contributed by atoms with Gasteiger partial charge in [-0.3, -0.25) is 4.79 Å². The van der Waals surface area contributed by atoms with E-state index in [1.54, 1.807) is 13.0 Å². The van der Waals surface area contributed by atoms with Gasteiger partial charge >= 0.3 is 5.97 Å². The lowest BCUT2D eigenvalue weighted by Gasteiger charge is -2.43. The maximum absolute atomic E-state index is 14.4. The number of carbonyl (C=O) groups is 1. The van der Waals surface area contributed by atoms with Gasteiger partial charge in [-0.25, -0.2) is 8.78 Å². The van der Waals surface area contributed by atoms with E-state index in [2.05, 4.69) is 33.5 Å². The van der Waals surface area contributed by atoms with E-state index in [9.17, 15) is 18.4 Å². The predicted molar refractivity (Wildman–Crippen MR) is 164 cm³/mol. The van der Waals surface area contributed by atoms with Gasteiger partial charge in [-0.1, -0.05) is 118 Å². The molecule has 214 valence electrons. The molecule has 3 nitrogen and oxygen atoms in total. The molecule has 39 heavy (non-hydrogen) atoms. The van der Waals surface area contributed by atoms with Crippen molar-refractivity contribution in [3.05, 3.63) is 85.0 Å². The summed E-state index contributed by atoms with van der Waals surface area (Å²) in [6.07, 6.45) is 6.53. The summed E-state index contributed by atoms with van der Waals surface area (Å²) in [7, 11) is -4.67. The maximum Gasteiger partial charge on any atom is 0.305 e. The van der Waals surface area contributed by atoms with Gasteiger partial charge in [0.05, 0.1) is 6.61 Å². The summed E-state index contributed by atoms with van der Waals surface area (Å²) < 4.78 is 33.5. The Labute approximate surface area is 236 Å². The molecule has 0 radical (unpaired) electrons. The van der Waals surface area contributed by atoms with Crippen molar-refractivity contribution >= 4 is 32.7 Å². The molecule has 0 aliphatic carbocycles. The number of rotatable bonds is 15. The van der Waals surface area contributed by atoms with E-state index in [-0.39, 0.29) is 25.4 Å². The third-order valence-electron chi connectivity index (χ3n) is 7.04. The number of alkyl halides is 2. The summed E-state index contributed by atoms with van der Waals surface area (Å²) in [5.41, 5.74) is 0.